The first kappa shape index (κ1) is 9.96. The highest BCUT2D eigenvalue weighted by Gasteiger charge is 2.10. The molecule has 4 nitrogen and oxygen atoms in total. The molecule has 3 aromatic rings. The van der Waals surface area contributed by atoms with Gasteiger partial charge in [0.1, 0.15) is 0 Å². The zero-order chi connectivity index (χ0) is 11.8. The Kier molecular flexibility index (Phi) is 2.14. The molecule has 0 saturated heterocycles. The third-order valence-electron chi connectivity index (χ3n) is 2.77. The fraction of sp³-hybridized carbons (Fsp3) is 0.154. The molecule has 0 aliphatic carbocycles. The van der Waals surface area contributed by atoms with Gasteiger partial charge in [0, 0.05) is 29.8 Å². The normalized spacial score (nSPS) is 10.9. The number of pyridine rings is 1. The highest BCUT2D eigenvalue weighted by atomic mass is 16.5. The second kappa shape index (κ2) is 3.66. The molecular formula is C13H11N3O. The highest BCUT2D eigenvalue weighted by Crippen LogP contribution is 2.27. The smallest absolute Gasteiger partial charge is 0.223 e. The van der Waals surface area contributed by atoms with E-state index in [-0.39, 0.29) is 0 Å². The molecule has 3 rings (SSSR count). The third-order valence-corrected chi connectivity index (χ3v) is 2.77. The molecule has 17 heavy (non-hydrogen) atoms. The first-order valence-electron chi connectivity index (χ1n) is 5.41. The predicted octanol–water partition coefficient (Wildman–Crippen LogP) is 2.90. The van der Waals surface area contributed by atoms with E-state index >= 15 is 0 Å². The van der Waals surface area contributed by atoms with Crippen LogP contribution < -0.4 is 0 Å². The van der Waals surface area contributed by atoms with E-state index in [0.717, 1.165) is 22.0 Å². The van der Waals surface area contributed by atoms with Gasteiger partial charge in [0.05, 0.1) is 0 Å². The van der Waals surface area contributed by atoms with Gasteiger partial charge in [0.25, 0.3) is 0 Å². The van der Waals surface area contributed by atoms with Gasteiger partial charge >= 0.3 is 0 Å². The molecule has 0 atom stereocenters. The molecule has 2 aromatic heterocycles. The Hall–Kier alpha value is -2.23. The third kappa shape index (κ3) is 1.58. The van der Waals surface area contributed by atoms with E-state index in [1.54, 1.807) is 13.1 Å². The molecule has 0 radical (unpaired) electrons. The monoisotopic (exact) mass is 225 g/mol. The molecule has 0 fully saturated rings. The van der Waals surface area contributed by atoms with Gasteiger partial charge in [-0.3, -0.25) is 4.98 Å². The second-order valence-corrected chi connectivity index (χ2v) is 3.93. The van der Waals surface area contributed by atoms with Crippen LogP contribution in [-0.4, -0.2) is 15.1 Å². The van der Waals surface area contributed by atoms with Crippen molar-refractivity contribution in [3.63, 3.8) is 0 Å². The van der Waals surface area contributed by atoms with E-state index in [4.69, 9.17) is 4.52 Å². The number of hydrogen-bond donors (Lipinski definition) is 0. The van der Waals surface area contributed by atoms with Gasteiger partial charge in [-0.25, -0.2) is 0 Å². The van der Waals surface area contributed by atoms with Gasteiger partial charge in [-0.15, -0.1) is 0 Å². The van der Waals surface area contributed by atoms with Crippen LogP contribution in [0.25, 0.3) is 22.2 Å². The molecule has 0 amide bonds. The lowest BCUT2D eigenvalue weighted by Gasteiger charge is -2.04. The van der Waals surface area contributed by atoms with Crippen molar-refractivity contribution in [2.75, 3.05) is 0 Å². The van der Waals surface area contributed by atoms with Gasteiger partial charge in [0.2, 0.25) is 11.7 Å². The topological polar surface area (TPSA) is 51.8 Å². The summed E-state index contributed by atoms with van der Waals surface area (Å²) in [7, 11) is 0. The largest absolute Gasteiger partial charge is 0.339 e. The molecule has 0 saturated carbocycles. The van der Waals surface area contributed by atoms with Crippen LogP contribution in [-0.2, 0) is 0 Å². The molecule has 0 aliphatic heterocycles. The number of nitrogens with zero attached hydrogens (tertiary/aromatic N) is 3. The number of aromatic nitrogens is 3. The molecular weight excluding hydrogens is 214 g/mol. The van der Waals surface area contributed by atoms with Crippen LogP contribution in [0.5, 0.6) is 0 Å². The molecule has 0 spiro atoms. The minimum absolute atomic E-state index is 0.572. The number of hydrogen-bond acceptors (Lipinski definition) is 4. The summed E-state index contributed by atoms with van der Waals surface area (Å²) in [5.74, 6) is 1.20. The number of aryl methyl sites for hydroxylation is 2. The van der Waals surface area contributed by atoms with E-state index < -0.39 is 0 Å². The van der Waals surface area contributed by atoms with Gasteiger partial charge in [-0.2, -0.15) is 4.98 Å². The zero-order valence-electron chi connectivity index (χ0n) is 9.64. The maximum absolute atomic E-state index is 5.02. The Bertz CT molecular complexity index is 688. The summed E-state index contributed by atoms with van der Waals surface area (Å²) in [6.45, 7) is 3.78. The number of fused-ring (bicyclic) bond motifs is 1. The highest BCUT2D eigenvalue weighted by molar-refractivity contribution is 5.95. The van der Waals surface area contributed by atoms with Crippen molar-refractivity contribution in [3.05, 3.63) is 42.0 Å². The Balaban J connectivity index is 2.34. The van der Waals surface area contributed by atoms with Crippen LogP contribution in [0.15, 0.2) is 35.0 Å². The van der Waals surface area contributed by atoms with Crippen LogP contribution in [0.2, 0.25) is 0 Å². The quantitative estimate of drug-likeness (QED) is 0.639. The van der Waals surface area contributed by atoms with Crippen LogP contribution in [0.3, 0.4) is 0 Å². The fourth-order valence-corrected chi connectivity index (χ4v) is 1.96. The first-order chi connectivity index (χ1) is 8.25. The van der Waals surface area contributed by atoms with Gasteiger partial charge in [-0.1, -0.05) is 23.4 Å². The summed E-state index contributed by atoms with van der Waals surface area (Å²) in [5.41, 5.74) is 1.98. The van der Waals surface area contributed by atoms with Crippen molar-refractivity contribution in [3.8, 4) is 11.4 Å². The molecule has 0 aliphatic rings. The SMILES string of the molecule is Cc1nc(-c2cccc3c(C)nccc23)no1. The van der Waals surface area contributed by atoms with Crippen LogP contribution in [0.1, 0.15) is 11.6 Å². The molecule has 0 N–H and O–H groups in total. The van der Waals surface area contributed by atoms with E-state index in [0.29, 0.717) is 11.7 Å². The van der Waals surface area contributed by atoms with Crippen molar-refractivity contribution in [1.82, 2.24) is 15.1 Å². The average molecular weight is 225 g/mol. The summed E-state index contributed by atoms with van der Waals surface area (Å²) < 4.78 is 5.02. The van der Waals surface area contributed by atoms with Gasteiger partial charge < -0.3 is 4.52 Å². The average Bonchev–Trinajstić information content (AvgIpc) is 2.76. The minimum atomic E-state index is 0.572. The van der Waals surface area contributed by atoms with Crippen molar-refractivity contribution in [2.24, 2.45) is 0 Å². The van der Waals surface area contributed by atoms with Crippen molar-refractivity contribution in [2.45, 2.75) is 13.8 Å². The van der Waals surface area contributed by atoms with Gasteiger partial charge in [-0.05, 0) is 18.4 Å². The van der Waals surface area contributed by atoms with Crippen LogP contribution >= 0.6 is 0 Å². The fourth-order valence-electron chi connectivity index (χ4n) is 1.96. The lowest BCUT2D eigenvalue weighted by molar-refractivity contribution is 0.394. The summed E-state index contributed by atoms with van der Waals surface area (Å²) >= 11 is 0. The standard InChI is InChI=1S/C13H11N3O/c1-8-10-4-3-5-12(11(10)6-7-14-8)13-15-9(2)17-16-13/h3-7H,1-2H3. The molecule has 2 heterocycles. The number of benzene rings is 1. The minimum Gasteiger partial charge on any atom is -0.339 e. The van der Waals surface area contributed by atoms with E-state index in [1.165, 1.54) is 0 Å². The lowest BCUT2D eigenvalue weighted by atomic mass is 10.0. The second-order valence-electron chi connectivity index (χ2n) is 3.93. The van der Waals surface area contributed by atoms with Crippen molar-refractivity contribution >= 4 is 10.8 Å². The summed E-state index contributed by atoms with van der Waals surface area (Å²) in [5, 5.41) is 6.18. The Morgan fingerprint density at radius 3 is 2.71 bits per heavy atom. The molecule has 0 unspecified atom stereocenters. The summed E-state index contributed by atoms with van der Waals surface area (Å²) in [6.07, 6.45) is 1.80. The van der Waals surface area contributed by atoms with E-state index in [9.17, 15) is 0 Å². The van der Waals surface area contributed by atoms with Crippen molar-refractivity contribution in [1.29, 1.82) is 0 Å². The Morgan fingerprint density at radius 2 is 1.94 bits per heavy atom. The maximum Gasteiger partial charge on any atom is 0.223 e. The molecule has 84 valence electrons. The summed E-state index contributed by atoms with van der Waals surface area (Å²) in [4.78, 5) is 8.55. The predicted molar refractivity (Wildman–Crippen MR) is 64.5 cm³/mol. The lowest BCUT2D eigenvalue weighted by Crippen LogP contribution is -1.87. The zero-order valence-corrected chi connectivity index (χ0v) is 9.64. The van der Waals surface area contributed by atoms with Crippen molar-refractivity contribution < 1.29 is 4.52 Å². The first-order valence-corrected chi connectivity index (χ1v) is 5.41. The van der Waals surface area contributed by atoms with Crippen LogP contribution in [0, 0.1) is 13.8 Å². The molecule has 1 aromatic carbocycles. The maximum atomic E-state index is 5.02. The number of rotatable bonds is 1. The molecule has 0 bridgehead atoms. The Labute approximate surface area is 98.3 Å². The molecule has 4 heteroatoms. The van der Waals surface area contributed by atoms with Gasteiger partial charge in [0.15, 0.2) is 0 Å². The van der Waals surface area contributed by atoms with Crippen LogP contribution in [0.4, 0.5) is 0 Å². The summed E-state index contributed by atoms with van der Waals surface area (Å²) in [6, 6.07) is 8.00. The van der Waals surface area contributed by atoms with E-state index in [2.05, 4.69) is 15.1 Å². The van der Waals surface area contributed by atoms with E-state index in [1.807, 2.05) is 31.2 Å². The Morgan fingerprint density at radius 1 is 1.06 bits per heavy atom.